The van der Waals surface area contributed by atoms with Crippen molar-refractivity contribution in [2.75, 3.05) is 0 Å². The van der Waals surface area contributed by atoms with Crippen LogP contribution in [-0.4, -0.2) is 44.3 Å². The van der Waals surface area contributed by atoms with Crippen LogP contribution in [0, 0.1) is 23.2 Å². The van der Waals surface area contributed by atoms with Crippen LogP contribution in [0.5, 0.6) is 0 Å². The Hall–Kier alpha value is -0.940. The summed E-state index contributed by atoms with van der Waals surface area (Å²) in [6.45, 7) is 10.5. The molecule has 1 fully saturated rings. The molecule has 3 rings (SSSR count). The van der Waals surface area contributed by atoms with Crippen LogP contribution in [0.25, 0.3) is 0 Å². The molecule has 0 radical (unpaired) electrons. The summed E-state index contributed by atoms with van der Waals surface area (Å²) in [4.78, 5) is 0. The van der Waals surface area contributed by atoms with Gasteiger partial charge >= 0.3 is 0 Å². The van der Waals surface area contributed by atoms with Crippen molar-refractivity contribution in [1.82, 2.24) is 0 Å². The van der Waals surface area contributed by atoms with Crippen LogP contribution in [0.2, 0.25) is 0 Å². The fraction of sp³-hybridized carbons (Fsp3) is 0.778. The first kappa shape index (κ1) is 24.7. The Labute approximate surface area is 188 Å². The second-order valence-electron chi connectivity index (χ2n) is 11.4. The Balaban J connectivity index is 1.71. The second kappa shape index (κ2) is 9.51. The summed E-state index contributed by atoms with van der Waals surface area (Å²) in [5.41, 5.74) is 2.48. The molecule has 0 aliphatic heterocycles. The van der Waals surface area contributed by atoms with Crippen LogP contribution in [0.15, 0.2) is 34.9 Å². The predicted molar refractivity (Wildman–Crippen MR) is 125 cm³/mol. The van der Waals surface area contributed by atoms with Gasteiger partial charge in [-0.05, 0) is 92.8 Å². The minimum atomic E-state index is -0.928. The first-order valence-corrected chi connectivity index (χ1v) is 12.3. The molecule has 0 heterocycles. The van der Waals surface area contributed by atoms with E-state index in [0.29, 0.717) is 23.3 Å². The molecule has 0 bridgehead atoms. The van der Waals surface area contributed by atoms with E-state index in [-0.39, 0.29) is 11.8 Å². The van der Waals surface area contributed by atoms with Crippen molar-refractivity contribution < 1.29 is 20.4 Å². The molecular weight excluding hydrogens is 388 g/mol. The van der Waals surface area contributed by atoms with Crippen LogP contribution < -0.4 is 0 Å². The Morgan fingerprint density at radius 2 is 1.90 bits per heavy atom. The zero-order valence-corrected chi connectivity index (χ0v) is 20.1. The normalized spacial score (nSPS) is 37.8. The predicted octanol–water partition coefficient (Wildman–Crippen LogP) is 4.68. The van der Waals surface area contributed by atoms with Gasteiger partial charge in [0.2, 0.25) is 0 Å². The molecule has 0 aromatic rings. The molecule has 0 amide bonds. The minimum absolute atomic E-state index is 0.195. The zero-order chi connectivity index (χ0) is 23.0. The molecule has 3 aliphatic rings. The highest BCUT2D eigenvalue weighted by Gasteiger charge is 2.49. The van der Waals surface area contributed by atoms with Crippen LogP contribution in [-0.2, 0) is 0 Å². The number of rotatable bonds is 7. The molecule has 3 aliphatic carbocycles. The fourth-order valence-electron chi connectivity index (χ4n) is 6.62. The highest BCUT2D eigenvalue weighted by molar-refractivity contribution is 5.39. The fourth-order valence-corrected chi connectivity index (χ4v) is 6.62. The number of fused-ring (bicyclic) bond motifs is 1. The Kier molecular flexibility index (Phi) is 7.57. The van der Waals surface area contributed by atoms with Gasteiger partial charge in [-0.1, -0.05) is 44.9 Å². The monoisotopic (exact) mass is 432 g/mol. The SMILES string of the molecule is CC1=C(/C=C\C2=CCC[C@@]3(C)[C@@H]2CC[C@@H]3[C@H](C)CCCC(C)(C)O)[C@H](O)[C@@H](O)C[C@@H]1O. The van der Waals surface area contributed by atoms with E-state index >= 15 is 0 Å². The van der Waals surface area contributed by atoms with E-state index in [1.165, 1.54) is 31.3 Å². The first-order valence-electron chi connectivity index (χ1n) is 12.3. The van der Waals surface area contributed by atoms with E-state index in [9.17, 15) is 20.4 Å². The van der Waals surface area contributed by atoms with E-state index in [1.807, 2.05) is 26.8 Å². The number of aliphatic hydroxyl groups excluding tert-OH is 3. The summed E-state index contributed by atoms with van der Waals surface area (Å²) in [5, 5.41) is 40.7. The molecule has 31 heavy (non-hydrogen) atoms. The Morgan fingerprint density at radius 3 is 2.58 bits per heavy atom. The molecule has 0 saturated heterocycles. The summed E-state index contributed by atoms with van der Waals surface area (Å²) in [6, 6.07) is 0. The number of hydrogen-bond acceptors (Lipinski definition) is 4. The summed E-state index contributed by atoms with van der Waals surface area (Å²) in [7, 11) is 0. The zero-order valence-electron chi connectivity index (χ0n) is 20.1. The summed E-state index contributed by atoms with van der Waals surface area (Å²) in [6.07, 6.45) is 11.9. The number of allylic oxidation sites excluding steroid dienone is 3. The highest BCUT2D eigenvalue weighted by atomic mass is 16.3. The third kappa shape index (κ3) is 5.35. The third-order valence-electron chi connectivity index (χ3n) is 8.57. The summed E-state index contributed by atoms with van der Waals surface area (Å²) < 4.78 is 0. The van der Waals surface area contributed by atoms with Crippen molar-refractivity contribution in [1.29, 1.82) is 0 Å². The minimum Gasteiger partial charge on any atom is -0.390 e. The summed E-state index contributed by atoms with van der Waals surface area (Å²) in [5.74, 6) is 1.87. The van der Waals surface area contributed by atoms with E-state index in [0.717, 1.165) is 24.8 Å². The lowest BCUT2D eigenvalue weighted by Gasteiger charge is -2.43. The van der Waals surface area contributed by atoms with Gasteiger partial charge in [-0.25, -0.2) is 0 Å². The van der Waals surface area contributed by atoms with Gasteiger partial charge < -0.3 is 20.4 Å². The van der Waals surface area contributed by atoms with Crippen LogP contribution in [0.4, 0.5) is 0 Å². The standard InChI is InChI=1S/C27H44O4/c1-17(8-6-14-26(3,4)31)21-12-13-22-19(9-7-15-27(21,22)5)10-11-20-18(2)23(28)16-24(29)25(20)30/h9-11,17,21-25,28-31H,6-8,12-16H2,1-5H3/b11-10-/t17-,21-,22-,23+,24+,25+,27-/m1/s1. The van der Waals surface area contributed by atoms with E-state index < -0.39 is 23.9 Å². The molecule has 1 saturated carbocycles. The summed E-state index contributed by atoms with van der Waals surface area (Å²) >= 11 is 0. The maximum Gasteiger partial charge on any atom is 0.105 e. The molecule has 4 N–H and O–H groups in total. The van der Waals surface area contributed by atoms with Crippen LogP contribution >= 0.6 is 0 Å². The Morgan fingerprint density at radius 1 is 1.19 bits per heavy atom. The highest BCUT2D eigenvalue weighted by Crippen LogP contribution is 2.58. The topological polar surface area (TPSA) is 80.9 Å². The van der Waals surface area contributed by atoms with E-state index in [4.69, 9.17) is 0 Å². The first-order chi connectivity index (χ1) is 14.4. The van der Waals surface area contributed by atoms with Gasteiger partial charge in [-0.2, -0.15) is 0 Å². The third-order valence-corrected chi connectivity index (χ3v) is 8.57. The lowest BCUT2D eigenvalue weighted by molar-refractivity contribution is 0.00107. The molecule has 7 atom stereocenters. The van der Waals surface area contributed by atoms with Gasteiger partial charge in [0, 0.05) is 6.42 Å². The van der Waals surface area contributed by atoms with Gasteiger partial charge in [0.05, 0.1) is 17.8 Å². The maximum atomic E-state index is 10.4. The van der Waals surface area contributed by atoms with Crippen molar-refractivity contribution in [3.63, 3.8) is 0 Å². The van der Waals surface area contributed by atoms with Crippen molar-refractivity contribution in [3.8, 4) is 0 Å². The Bertz CT molecular complexity index is 728. The molecule has 4 heteroatoms. The van der Waals surface area contributed by atoms with Crippen LogP contribution in [0.3, 0.4) is 0 Å². The quantitative estimate of drug-likeness (QED) is 0.471. The molecule has 0 spiro atoms. The molecule has 0 unspecified atom stereocenters. The molecular formula is C27H44O4. The average Bonchev–Trinajstić information content (AvgIpc) is 3.03. The van der Waals surface area contributed by atoms with E-state index in [2.05, 4.69) is 26.0 Å². The van der Waals surface area contributed by atoms with Crippen molar-refractivity contribution >= 4 is 0 Å². The smallest absolute Gasteiger partial charge is 0.105 e. The van der Waals surface area contributed by atoms with Crippen LogP contribution in [0.1, 0.15) is 86.0 Å². The lowest BCUT2D eigenvalue weighted by Crippen LogP contribution is -2.37. The van der Waals surface area contributed by atoms with Crippen molar-refractivity contribution in [2.24, 2.45) is 23.2 Å². The van der Waals surface area contributed by atoms with Gasteiger partial charge in [-0.15, -0.1) is 0 Å². The second-order valence-corrected chi connectivity index (χ2v) is 11.4. The molecule has 0 aromatic heterocycles. The van der Waals surface area contributed by atoms with Gasteiger partial charge in [0.25, 0.3) is 0 Å². The van der Waals surface area contributed by atoms with Gasteiger partial charge in [0.15, 0.2) is 0 Å². The van der Waals surface area contributed by atoms with E-state index in [1.54, 1.807) is 0 Å². The molecule has 4 nitrogen and oxygen atoms in total. The van der Waals surface area contributed by atoms with Crippen molar-refractivity contribution in [2.45, 2.75) is 110 Å². The lowest BCUT2D eigenvalue weighted by atomic mass is 9.62. The molecule has 0 aromatic carbocycles. The largest absolute Gasteiger partial charge is 0.390 e. The average molecular weight is 433 g/mol. The maximum absolute atomic E-state index is 10.4. The van der Waals surface area contributed by atoms with Gasteiger partial charge in [0.1, 0.15) is 6.10 Å². The number of aliphatic hydroxyl groups is 4. The number of hydrogen-bond donors (Lipinski definition) is 4. The van der Waals surface area contributed by atoms with Crippen molar-refractivity contribution in [3.05, 3.63) is 34.9 Å². The van der Waals surface area contributed by atoms with Gasteiger partial charge in [-0.3, -0.25) is 0 Å². The molecule has 176 valence electrons.